The molecule has 0 amide bonds. The summed E-state index contributed by atoms with van der Waals surface area (Å²) in [6.07, 6.45) is 0. The Labute approximate surface area is 268 Å². The van der Waals surface area contributed by atoms with Crippen LogP contribution in [0.2, 0.25) is 0 Å². The third kappa shape index (κ3) is 6.15. The Balaban J connectivity index is 1.17. The molecule has 0 N–H and O–H groups in total. The molecule has 46 heavy (non-hydrogen) atoms. The first kappa shape index (κ1) is 30.0. The zero-order chi connectivity index (χ0) is 32.2. The quantitative estimate of drug-likeness (QED) is 0.156. The molecule has 0 saturated carbocycles. The fourth-order valence-corrected chi connectivity index (χ4v) is 5.57. The first-order valence-electron chi connectivity index (χ1n) is 15.0. The summed E-state index contributed by atoms with van der Waals surface area (Å²) in [6, 6.07) is 43.1. The van der Waals surface area contributed by atoms with Crippen LogP contribution >= 0.6 is 0 Å². The molecule has 0 aliphatic rings. The molecule has 0 bridgehead atoms. The highest BCUT2D eigenvalue weighted by molar-refractivity contribution is 6.13. The third-order valence-corrected chi connectivity index (χ3v) is 8.17. The maximum Gasteiger partial charge on any atom is 0.193 e. The van der Waals surface area contributed by atoms with Crippen molar-refractivity contribution in [1.82, 2.24) is 0 Å². The summed E-state index contributed by atoms with van der Waals surface area (Å²) in [6.45, 7) is 3.81. The molecule has 0 fully saturated rings. The Bertz CT molecular complexity index is 1940. The van der Waals surface area contributed by atoms with E-state index in [0.717, 1.165) is 22.3 Å². The number of ketones is 4. The lowest BCUT2D eigenvalue weighted by atomic mass is 9.91. The molecule has 0 spiro atoms. The Kier molecular flexibility index (Phi) is 8.44. The molecule has 4 heteroatoms. The number of carbonyl (C=O) groups excluding carboxylic acids is 4. The smallest absolute Gasteiger partial charge is 0.193 e. The minimum absolute atomic E-state index is 0.0867. The number of carbonyl (C=O) groups is 4. The second-order valence-corrected chi connectivity index (χ2v) is 11.3. The monoisotopic (exact) mass is 598 g/mol. The lowest BCUT2D eigenvalue weighted by Gasteiger charge is -2.12. The first-order valence-corrected chi connectivity index (χ1v) is 15.0. The third-order valence-electron chi connectivity index (χ3n) is 8.17. The summed E-state index contributed by atoms with van der Waals surface area (Å²) in [5.41, 5.74) is 7.99. The standard InChI is InChI=1S/C42H30O4/c1-27-25-35(21-23-37(27)41(45)33-17-13-31(14-18-33)39(43)29-9-5-3-6-10-29)36-22-24-38(28(2)26-36)42(46)34-19-15-32(16-20-34)40(44)30-11-7-4-8-12-30/h3-26H,1-2H3. The van der Waals surface area contributed by atoms with Crippen LogP contribution in [0.3, 0.4) is 0 Å². The van der Waals surface area contributed by atoms with E-state index in [-0.39, 0.29) is 23.1 Å². The molecule has 0 heterocycles. The summed E-state index contributed by atoms with van der Waals surface area (Å²) in [5, 5.41) is 0. The van der Waals surface area contributed by atoms with E-state index in [1.54, 1.807) is 72.8 Å². The van der Waals surface area contributed by atoms with Gasteiger partial charge in [-0.05, 0) is 36.1 Å². The van der Waals surface area contributed by atoms with Crippen LogP contribution < -0.4 is 0 Å². The molecular formula is C42H30O4. The zero-order valence-corrected chi connectivity index (χ0v) is 25.5. The number of aryl methyl sites for hydroxylation is 2. The van der Waals surface area contributed by atoms with Crippen LogP contribution in [0.25, 0.3) is 11.1 Å². The van der Waals surface area contributed by atoms with Gasteiger partial charge in [-0.2, -0.15) is 0 Å². The highest BCUT2D eigenvalue weighted by atomic mass is 16.1. The van der Waals surface area contributed by atoms with Gasteiger partial charge in [0.05, 0.1) is 0 Å². The molecule has 6 rings (SSSR count). The maximum atomic E-state index is 13.4. The van der Waals surface area contributed by atoms with Crippen LogP contribution in [0.5, 0.6) is 0 Å². The summed E-state index contributed by atoms with van der Waals surface area (Å²) < 4.78 is 0. The Morgan fingerprint density at radius 1 is 0.326 bits per heavy atom. The Hall–Kier alpha value is -6.00. The second-order valence-electron chi connectivity index (χ2n) is 11.3. The summed E-state index contributed by atoms with van der Waals surface area (Å²) in [5.74, 6) is -0.402. The number of hydrogen-bond donors (Lipinski definition) is 0. The Morgan fingerprint density at radius 2 is 0.609 bits per heavy atom. The van der Waals surface area contributed by atoms with E-state index in [1.807, 2.05) is 86.6 Å². The van der Waals surface area contributed by atoms with E-state index >= 15 is 0 Å². The highest BCUT2D eigenvalue weighted by Gasteiger charge is 2.17. The van der Waals surface area contributed by atoms with Crippen LogP contribution in [0.15, 0.2) is 146 Å². The zero-order valence-electron chi connectivity index (χ0n) is 25.5. The normalized spacial score (nSPS) is 10.7. The van der Waals surface area contributed by atoms with Gasteiger partial charge < -0.3 is 0 Å². The van der Waals surface area contributed by atoms with Gasteiger partial charge in [0.1, 0.15) is 0 Å². The fourth-order valence-electron chi connectivity index (χ4n) is 5.57. The van der Waals surface area contributed by atoms with Crippen LogP contribution in [0, 0.1) is 13.8 Å². The molecule has 6 aromatic rings. The van der Waals surface area contributed by atoms with Gasteiger partial charge in [-0.15, -0.1) is 0 Å². The van der Waals surface area contributed by atoms with Crippen LogP contribution in [0.4, 0.5) is 0 Å². The van der Waals surface area contributed by atoms with Crippen molar-refractivity contribution in [3.63, 3.8) is 0 Å². The van der Waals surface area contributed by atoms with Gasteiger partial charge in [0.25, 0.3) is 0 Å². The van der Waals surface area contributed by atoms with Crippen LogP contribution in [0.1, 0.15) is 74.8 Å². The number of hydrogen-bond acceptors (Lipinski definition) is 4. The maximum absolute atomic E-state index is 13.4. The average Bonchev–Trinajstić information content (AvgIpc) is 3.11. The van der Waals surface area contributed by atoms with E-state index in [0.29, 0.717) is 44.5 Å². The minimum Gasteiger partial charge on any atom is -0.289 e. The van der Waals surface area contributed by atoms with Crippen molar-refractivity contribution in [3.05, 3.63) is 201 Å². The summed E-state index contributed by atoms with van der Waals surface area (Å²) >= 11 is 0. The minimum atomic E-state index is -0.114. The summed E-state index contributed by atoms with van der Waals surface area (Å²) in [4.78, 5) is 52.2. The topological polar surface area (TPSA) is 68.3 Å². The molecule has 0 radical (unpaired) electrons. The van der Waals surface area contributed by atoms with Crippen molar-refractivity contribution in [2.75, 3.05) is 0 Å². The molecule has 6 aromatic carbocycles. The van der Waals surface area contributed by atoms with Gasteiger partial charge in [-0.3, -0.25) is 19.2 Å². The van der Waals surface area contributed by atoms with Crippen molar-refractivity contribution in [2.24, 2.45) is 0 Å². The molecule has 4 nitrogen and oxygen atoms in total. The lowest BCUT2D eigenvalue weighted by molar-refractivity contribution is 0.102. The molecule has 0 aromatic heterocycles. The van der Waals surface area contributed by atoms with E-state index in [2.05, 4.69) is 0 Å². The summed E-state index contributed by atoms with van der Waals surface area (Å²) in [7, 11) is 0. The van der Waals surface area contributed by atoms with Gasteiger partial charge >= 0.3 is 0 Å². The Morgan fingerprint density at radius 3 is 0.913 bits per heavy atom. The number of benzene rings is 6. The van der Waals surface area contributed by atoms with E-state index < -0.39 is 0 Å². The molecule has 0 aliphatic carbocycles. The van der Waals surface area contributed by atoms with Crippen molar-refractivity contribution in [3.8, 4) is 11.1 Å². The molecule has 222 valence electrons. The SMILES string of the molecule is Cc1cc(-c2ccc(C(=O)c3ccc(C(=O)c4ccccc4)cc3)c(C)c2)ccc1C(=O)c1ccc(C(=O)c2ccccc2)cc1. The molecule has 0 aliphatic heterocycles. The first-order chi connectivity index (χ1) is 22.3. The lowest BCUT2D eigenvalue weighted by Crippen LogP contribution is -2.06. The van der Waals surface area contributed by atoms with Crippen LogP contribution in [-0.2, 0) is 0 Å². The van der Waals surface area contributed by atoms with E-state index in [4.69, 9.17) is 0 Å². The molecule has 0 saturated heterocycles. The van der Waals surface area contributed by atoms with Crippen LogP contribution in [-0.4, -0.2) is 23.1 Å². The van der Waals surface area contributed by atoms with Crippen molar-refractivity contribution >= 4 is 23.1 Å². The van der Waals surface area contributed by atoms with Gasteiger partial charge in [-0.1, -0.05) is 146 Å². The van der Waals surface area contributed by atoms with E-state index in [1.165, 1.54) is 0 Å². The van der Waals surface area contributed by atoms with Crippen molar-refractivity contribution in [2.45, 2.75) is 13.8 Å². The predicted octanol–water partition coefficient (Wildman–Crippen LogP) is 8.89. The molecule has 0 atom stereocenters. The fraction of sp³-hybridized carbons (Fsp3) is 0.0476. The van der Waals surface area contributed by atoms with Crippen molar-refractivity contribution in [1.29, 1.82) is 0 Å². The van der Waals surface area contributed by atoms with Gasteiger partial charge in [0, 0.05) is 44.5 Å². The highest BCUT2D eigenvalue weighted by Crippen LogP contribution is 2.27. The van der Waals surface area contributed by atoms with Gasteiger partial charge in [0.2, 0.25) is 0 Å². The predicted molar refractivity (Wildman–Crippen MR) is 181 cm³/mol. The van der Waals surface area contributed by atoms with Gasteiger partial charge in [-0.25, -0.2) is 0 Å². The number of rotatable bonds is 9. The average molecular weight is 599 g/mol. The second kappa shape index (κ2) is 12.9. The van der Waals surface area contributed by atoms with E-state index in [9.17, 15) is 19.2 Å². The van der Waals surface area contributed by atoms with Gasteiger partial charge in [0.15, 0.2) is 23.1 Å². The largest absolute Gasteiger partial charge is 0.289 e. The molecular weight excluding hydrogens is 568 g/mol. The van der Waals surface area contributed by atoms with Crippen molar-refractivity contribution < 1.29 is 19.2 Å². The molecule has 0 unspecified atom stereocenters.